The highest BCUT2D eigenvalue weighted by molar-refractivity contribution is 9.10. The first-order valence-electron chi connectivity index (χ1n) is 13.3. The van der Waals surface area contributed by atoms with E-state index in [-0.39, 0.29) is 23.6 Å². The van der Waals surface area contributed by atoms with Crippen LogP contribution in [0.2, 0.25) is 0 Å². The lowest BCUT2D eigenvalue weighted by Crippen LogP contribution is -2.55. The number of halogens is 1. The van der Waals surface area contributed by atoms with E-state index in [1.807, 2.05) is 30.3 Å². The van der Waals surface area contributed by atoms with Crippen molar-refractivity contribution >= 4 is 41.2 Å². The molecule has 0 radical (unpaired) electrons. The number of benzene rings is 4. The summed E-state index contributed by atoms with van der Waals surface area (Å²) in [6, 6.07) is 31.3. The highest BCUT2D eigenvalue weighted by Gasteiger charge is 2.68. The Morgan fingerprint density at radius 2 is 1.38 bits per heavy atom. The van der Waals surface area contributed by atoms with Crippen molar-refractivity contribution < 1.29 is 27.9 Å². The van der Waals surface area contributed by atoms with Crippen LogP contribution in [0.5, 0.6) is 11.5 Å². The minimum atomic E-state index is -4.74. The van der Waals surface area contributed by atoms with E-state index in [0.29, 0.717) is 10.2 Å². The first-order valence-corrected chi connectivity index (χ1v) is 15.6. The Morgan fingerprint density at radius 1 is 0.857 bits per heavy atom. The molecular weight excluding hydrogens is 619 g/mol. The molecule has 0 aliphatic carbocycles. The van der Waals surface area contributed by atoms with Crippen LogP contribution < -0.4 is 19.3 Å². The summed E-state index contributed by atoms with van der Waals surface area (Å²) in [4.78, 5) is 29.8. The molecule has 1 aliphatic heterocycles. The molecule has 42 heavy (non-hydrogen) atoms. The molecule has 1 aliphatic rings. The largest absolute Gasteiger partial charge is 0.470 e. The molecule has 0 unspecified atom stereocenters. The molecular formula is C32H30BrN2O6P. The number of amides is 2. The number of nitrogens with zero attached hydrogens (tertiary/aromatic N) is 1. The first-order chi connectivity index (χ1) is 20.0. The van der Waals surface area contributed by atoms with E-state index < -0.39 is 30.5 Å². The molecule has 2 amide bonds. The maximum absolute atomic E-state index is 15.5. The summed E-state index contributed by atoms with van der Waals surface area (Å²) in [6.07, 6.45) is -0.961. The van der Waals surface area contributed by atoms with Crippen molar-refractivity contribution in [3.63, 3.8) is 0 Å². The Labute approximate surface area is 253 Å². The predicted octanol–water partition coefficient (Wildman–Crippen LogP) is 8.02. The standard InChI is InChI=1S/C32H30BrN2O6P/c1-31(2,3)39-30(37)34-32(42(38,40-25-15-9-5-10-16-25)41-26-17-11-6-12-18-26)27-21-24(33)19-20-28(27)35(29(32)36)22-23-13-7-4-8-14-23/h4-21H,22H2,1-3H3,(H,34,37)/t32-/m1/s1. The van der Waals surface area contributed by atoms with Gasteiger partial charge in [0.25, 0.3) is 11.2 Å². The third-order valence-electron chi connectivity index (χ3n) is 6.41. The van der Waals surface area contributed by atoms with Crippen LogP contribution in [0.15, 0.2) is 114 Å². The predicted molar refractivity (Wildman–Crippen MR) is 165 cm³/mol. The number of alkyl carbamates (subject to hydrolysis) is 1. The summed E-state index contributed by atoms with van der Waals surface area (Å²) in [5.74, 6) is -0.318. The molecule has 216 valence electrons. The zero-order valence-electron chi connectivity index (χ0n) is 23.3. The van der Waals surface area contributed by atoms with Gasteiger partial charge in [0, 0.05) is 10.0 Å². The zero-order chi connectivity index (χ0) is 30.0. The lowest BCUT2D eigenvalue weighted by atomic mass is 10.1. The van der Waals surface area contributed by atoms with Gasteiger partial charge in [0.15, 0.2) is 0 Å². The number of carbonyl (C=O) groups excluding carboxylic acids is 2. The fourth-order valence-electron chi connectivity index (χ4n) is 4.68. The maximum Gasteiger partial charge on any atom is 0.470 e. The van der Waals surface area contributed by atoms with Gasteiger partial charge in [0.2, 0.25) is 0 Å². The molecule has 8 nitrogen and oxygen atoms in total. The summed E-state index contributed by atoms with van der Waals surface area (Å²) in [6.45, 7) is 5.23. The molecule has 4 aromatic carbocycles. The molecule has 1 N–H and O–H groups in total. The van der Waals surface area contributed by atoms with Gasteiger partial charge in [0.1, 0.15) is 17.1 Å². The second-order valence-corrected chi connectivity index (χ2v) is 13.6. The SMILES string of the molecule is CC(C)(C)OC(=O)N[C@]1(P(=O)(Oc2ccccc2)Oc2ccccc2)C(=O)N(Cc2ccccc2)c2ccc(Br)cc21. The Morgan fingerprint density at radius 3 is 1.90 bits per heavy atom. The van der Waals surface area contributed by atoms with Gasteiger partial charge in [-0.15, -0.1) is 0 Å². The summed E-state index contributed by atoms with van der Waals surface area (Å²) < 4.78 is 34.1. The second kappa shape index (κ2) is 11.7. The normalized spacial score (nSPS) is 16.5. The van der Waals surface area contributed by atoms with Crippen molar-refractivity contribution in [2.75, 3.05) is 4.90 Å². The van der Waals surface area contributed by atoms with Crippen molar-refractivity contribution in [2.45, 2.75) is 38.2 Å². The first kappa shape index (κ1) is 29.4. The van der Waals surface area contributed by atoms with Crippen LogP contribution >= 0.6 is 23.5 Å². The lowest BCUT2D eigenvalue weighted by Gasteiger charge is -2.36. The Balaban J connectivity index is 1.75. The van der Waals surface area contributed by atoms with E-state index in [9.17, 15) is 9.59 Å². The number of ether oxygens (including phenoxy) is 1. The van der Waals surface area contributed by atoms with E-state index >= 15 is 4.57 Å². The summed E-state index contributed by atoms with van der Waals surface area (Å²) in [5.41, 5.74) is 0.590. The van der Waals surface area contributed by atoms with E-state index in [1.54, 1.807) is 99.6 Å². The topological polar surface area (TPSA) is 94.2 Å². The van der Waals surface area contributed by atoms with Crippen LogP contribution in [0.3, 0.4) is 0 Å². The van der Waals surface area contributed by atoms with Crippen LogP contribution in [0, 0.1) is 0 Å². The number of nitrogens with one attached hydrogen (secondary N) is 1. The van der Waals surface area contributed by atoms with Crippen molar-refractivity contribution in [2.24, 2.45) is 0 Å². The minimum absolute atomic E-state index is 0.142. The molecule has 0 saturated carbocycles. The third kappa shape index (κ3) is 5.94. The zero-order valence-corrected chi connectivity index (χ0v) is 25.8. The summed E-state index contributed by atoms with van der Waals surface area (Å²) in [5, 5.41) is 0.368. The summed E-state index contributed by atoms with van der Waals surface area (Å²) in [7, 11) is -4.74. The van der Waals surface area contributed by atoms with E-state index in [1.165, 1.54) is 4.90 Å². The number of carbonyl (C=O) groups is 2. The monoisotopic (exact) mass is 648 g/mol. The van der Waals surface area contributed by atoms with Crippen LogP contribution in [0.25, 0.3) is 0 Å². The summed E-state index contributed by atoms with van der Waals surface area (Å²) >= 11 is 3.49. The number of hydrogen-bond acceptors (Lipinski definition) is 6. The van der Waals surface area contributed by atoms with Crippen LogP contribution in [-0.4, -0.2) is 17.6 Å². The van der Waals surface area contributed by atoms with Crippen molar-refractivity contribution in [3.8, 4) is 11.5 Å². The number of fused-ring (bicyclic) bond motifs is 1. The van der Waals surface area contributed by atoms with Gasteiger partial charge in [-0.05, 0) is 68.8 Å². The average molecular weight is 649 g/mol. The fourth-order valence-corrected chi connectivity index (χ4v) is 7.21. The van der Waals surface area contributed by atoms with E-state index in [2.05, 4.69) is 21.2 Å². The number of hydrogen-bond donors (Lipinski definition) is 1. The molecule has 1 atom stereocenters. The van der Waals surface area contributed by atoms with Gasteiger partial charge in [0.05, 0.1) is 12.2 Å². The molecule has 0 aromatic heterocycles. The van der Waals surface area contributed by atoms with Gasteiger partial charge >= 0.3 is 13.7 Å². The fraction of sp³-hybridized carbons (Fsp3) is 0.188. The molecule has 0 bridgehead atoms. The molecule has 0 fully saturated rings. The molecule has 5 rings (SSSR count). The third-order valence-corrected chi connectivity index (χ3v) is 9.17. The van der Waals surface area contributed by atoms with Gasteiger partial charge in [-0.3, -0.25) is 10.1 Å². The number of para-hydroxylation sites is 2. The Bertz CT molecular complexity index is 1580. The highest BCUT2D eigenvalue weighted by Crippen LogP contribution is 2.67. The van der Waals surface area contributed by atoms with E-state index in [4.69, 9.17) is 13.8 Å². The van der Waals surface area contributed by atoms with Gasteiger partial charge in [-0.1, -0.05) is 82.7 Å². The second-order valence-electron chi connectivity index (χ2n) is 10.7. The molecule has 4 aromatic rings. The quantitative estimate of drug-likeness (QED) is 0.194. The van der Waals surface area contributed by atoms with Crippen molar-refractivity contribution in [1.29, 1.82) is 0 Å². The highest BCUT2D eigenvalue weighted by atomic mass is 79.9. The van der Waals surface area contributed by atoms with Crippen LogP contribution in [-0.2, 0) is 25.9 Å². The smallest absolute Gasteiger partial charge is 0.444 e. The molecule has 0 saturated heterocycles. The van der Waals surface area contributed by atoms with Crippen LogP contribution in [0.1, 0.15) is 31.9 Å². The van der Waals surface area contributed by atoms with Crippen LogP contribution in [0.4, 0.5) is 10.5 Å². The Kier molecular flexibility index (Phi) is 8.17. The van der Waals surface area contributed by atoms with Gasteiger partial charge < -0.3 is 18.7 Å². The molecule has 0 spiro atoms. The molecule has 1 heterocycles. The number of rotatable bonds is 8. The number of anilines is 1. The minimum Gasteiger partial charge on any atom is -0.444 e. The van der Waals surface area contributed by atoms with Crippen molar-refractivity contribution in [1.82, 2.24) is 5.32 Å². The van der Waals surface area contributed by atoms with Gasteiger partial charge in [-0.2, -0.15) is 0 Å². The van der Waals surface area contributed by atoms with Crippen molar-refractivity contribution in [3.05, 3.63) is 125 Å². The van der Waals surface area contributed by atoms with Gasteiger partial charge in [-0.25, -0.2) is 9.36 Å². The molecule has 10 heteroatoms. The maximum atomic E-state index is 15.5. The lowest BCUT2D eigenvalue weighted by molar-refractivity contribution is -0.122. The Hall–Kier alpha value is -4.07. The average Bonchev–Trinajstić information content (AvgIpc) is 3.17. The van der Waals surface area contributed by atoms with E-state index in [0.717, 1.165) is 5.56 Å².